The zero-order valence-corrected chi connectivity index (χ0v) is 18.1. The van der Waals surface area contributed by atoms with Gasteiger partial charge in [-0.15, -0.1) is 0 Å². The molecule has 1 aliphatic carbocycles. The van der Waals surface area contributed by atoms with Crippen molar-refractivity contribution in [2.24, 2.45) is 0 Å². The van der Waals surface area contributed by atoms with Crippen molar-refractivity contribution >= 4 is 11.8 Å². The summed E-state index contributed by atoms with van der Waals surface area (Å²) in [6.45, 7) is 2.13. The van der Waals surface area contributed by atoms with Gasteiger partial charge in [-0.05, 0) is 24.5 Å². The molecule has 7 nitrogen and oxygen atoms in total. The molecule has 0 radical (unpaired) electrons. The summed E-state index contributed by atoms with van der Waals surface area (Å²) in [6, 6.07) is 12.2. The van der Waals surface area contributed by atoms with E-state index in [-0.39, 0.29) is 30.5 Å². The molecule has 1 aromatic carbocycles. The number of hydrogen-bond acceptors (Lipinski definition) is 4. The summed E-state index contributed by atoms with van der Waals surface area (Å²) in [5.41, 5.74) is 1.10. The molecule has 1 atom stereocenters. The number of aromatic nitrogens is 2. The van der Waals surface area contributed by atoms with Gasteiger partial charge in [0.05, 0.1) is 19.3 Å². The van der Waals surface area contributed by atoms with E-state index in [2.05, 4.69) is 5.10 Å². The Morgan fingerprint density at radius 1 is 1.06 bits per heavy atom. The average molecular weight is 425 g/mol. The number of carbonyl (C=O) groups is 2. The number of nitrogens with zero attached hydrogens (tertiary/aromatic N) is 4. The van der Waals surface area contributed by atoms with Crippen LogP contribution in [0, 0.1) is 0 Å². The van der Waals surface area contributed by atoms with E-state index in [0.717, 1.165) is 31.2 Å². The Balaban J connectivity index is 1.44. The highest BCUT2D eigenvalue weighted by Crippen LogP contribution is 2.25. The van der Waals surface area contributed by atoms with E-state index >= 15 is 0 Å². The van der Waals surface area contributed by atoms with E-state index in [0.29, 0.717) is 32.7 Å². The van der Waals surface area contributed by atoms with Gasteiger partial charge in [-0.3, -0.25) is 14.3 Å². The first-order chi connectivity index (χ1) is 15.2. The molecule has 1 unspecified atom stereocenters. The maximum atomic E-state index is 13.1. The van der Waals surface area contributed by atoms with E-state index in [1.54, 1.807) is 15.8 Å². The first-order valence-corrected chi connectivity index (χ1v) is 11.4. The van der Waals surface area contributed by atoms with Crippen molar-refractivity contribution in [3.8, 4) is 0 Å². The van der Waals surface area contributed by atoms with Gasteiger partial charge < -0.3 is 14.5 Å². The molecule has 2 amide bonds. The lowest BCUT2D eigenvalue weighted by molar-refractivity contribution is -0.140. The Kier molecular flexibility index (Phi) is 7.35. The summed E-state index contributed by atoms with van der Waals surface area (Å²) in [4.78, 5) is 29.8. The first kappa shape index (κ1) is 21.6. The van der Waals surface area contributed by atoms with Gasteiger partial charge in [0.1, 0.15) is 0 Å². The summed E-state index contributed by atoms with van der Waals surface area (Å²) in [7, 11) is 0. The second-order valence-corrected chi connectivity index (χ2v) is 8.55. The molecule has 0 bridgehead atoms. The quantitative estimate of drug-likeness (QED) is 0.686. The lowest BCUT2D eigenvalue weighted by atomic mass is 9.94. The van der Waals surface area contributed by atoms with Crippen LogP contribution in [-0.4, -0.2) is 63.2 Å². The Morgan fingerprint density at radius 3 is 2.61 bits per heavy atom. The Bertz CT molecular complexity index is 834. The second-order valence-electron chi connectivity index (χ2n) is 8.55. The van der Waals surface area contributed by atoms with Crippen LogP contribution in [0.5, 0.6) is 0 Å². The molecule has 166 valence electrons. The first-order valence-electron chi connectivity index (χ1n) is 11.4. The molecule has 31 heavy (non-hydrogen) atoms. The third-order valence-corrected chi connectivity index (χ3v) is 6.28. The van der Waals surface area contributed by atoms with Crippen LogP contribution in [0.2, 0.25) is 0 Å². The lowest BCUT2D eigenvalue weighted by Gasteiger charge is -2.34. The third-order valence-electron chi connectivity index (χ3n) is 6.28. The van der Waals surface area contributed by atoms with Crippen LogP contribution in [0.15, 0.2) is 48.8 Å². The summed E-state index contributed by atoms with van der Waals surface area (Å²) in [5.74, 6) is 0.0211. The molecule has 1 aromatic heterocycles. The van der Waals surface area contributed by atoms with Crippen molar-refractivity contribution in [3.05, 3.63) is 54.4 Å². The minimum atomic E-state index is -0.192. The number of rotatable bonds is 7. The van der Waals surface area contributed by atoms with Gasteiger partial charge >= 0.3 is 0 Å². The van der Waals surface area contributed by atoms with Crippen molar-refractivity contribution in [2.45, 2.75) is 63.8 Å². The lowest BCUT2D eigenvalue weighted by Crippen LogP contribution is -2.46. The van der Waals surface area contributed by atoms with Crippen molar-refractivity contribution in [3.63, 3.8) is 0 Å². The number of aryl methyl sites for hydroxylation is 1. The molecule has 2 fully saturated rings. The fourth-order valence-corrected chi connectivity index (χ4v) is 4.57. The molecule has 0 spiro atoms. The van der Waals surface area contributed by atoms with Crippen LogP contribution in [0.3, 0.4) is 0 Å². The molecule has 1 aliphatic heterocycles. The van der Waals surface area contributed by atoms with E-state index in [9.17, 15) is 9.59 Å². The molecular weight excluding hydrogens is 392 g/mol. The maximum Gasteiger partial charge on any atom is 0.242 e. The molecule has 1 saturated heterocycles. The minimum Gasteiger partial charge on any atom is -0.370 e. The van der Waals surface area contributed by atoms with E-state index in [1.165, 1.54) is 6.42 Å². The van der Waals surface area contributed by atoms with Crippen molar-refractivity contribution < 1.29 is 14.3 Å². The van der Waals surface area contributed by atoms with Gasteiger partial charge in [-0.1, -0.05) is 49.6 Å². The van der Waals surface area contributed by atoms with Crippen LogP contribution in [0.4, 0.5) is 0 Å². The predicted octanol–water partition coefficient (Wildman–Crippen LogP) is 2.86. The minimum absolute atomic E-state index is 0.0253. The summed E-state index contributed by atoms with van der Waals surface area (Å²) < 4.78 is 7.99. The average Bonchev–Trinajstić information content (AvgIpc) is 3.27. The van der Waals surface area contributed by atoms with E-state index in [4.69, 9.17) is 4.74 Å². The van der Waals surface area contributed by atoms with Crippen LogP contribution >= 0.6 is 0 Å². The molecule has 7 heteroatoms. The van der Waals surface area contributed by atoms with Crippen LogP contribution < -0.4 is 0 Å². The fraction of sp³-hybridized carbons (Fsp3) is 0.542. The third kappa shape index (κ3) is 5.94. The number of ether oxygens (including phenoxy) is 1. The highest BCUT2D eigenvalue weighted by atomic mass is 16.5. The van der Waals surface area contributed by atoms with Gasteiger partial charge in [-0.25, -0.2) is 0 Å². The molecule has 4 rings (SSSR count). The van der Waals surface area contributed by atoms with Crippen LogP contribution in [-0.2, 0) is 27.5 Å². The zero-order chi connectivity index (χ0) is 21.5. The normalized spacial score (nSPS) is 20.6. The van der Waals surface area contributed by atoms with Crippen LogP contribution in [0.1, 0.15) is 44.1 Å². The molecule has 0 N–H and O–H groups in total. The highest BCUT2D eigenvalue weighted by Gasteiger charge is 2.34. The number of benzene rings is 1. The van der Waals surface area contributed by atoms with Crippen molar-refractivity contribution in [1.82, 2.24) is 19.6 Å². The smallest absolute Gasteiger partial charge is 0.242 e. The van der Waals surface area contributed by atoms with E-state index in [1.807, 2.05) is 47.5 Å². The second kappa shape index (κ2) is 10.6. The van der Waals surface area contributed by atoms with Gasteiger partial charge in [-0.2, -0.15) is 5.10 Å². The maximum absolute atomic E-state index is 13.1. The Morgan fingerprint density at radius 2 is 1.87 bits per heavy atom. The van der Waals surface area contributed by atoms with Crippen LogP contribution in [0.25, 0.3) is 0 Å². The number of amides is 2. The van der Waals surface area contributed by atoms with Gasteiger partial charge in [0, 0.05) is 44.5 Å². The van der Waals surface area contributed by atoms with Crippen molar-refractivity contribution in [2.75, 3.05) is 19.6 Å². The van der Waals surface area contributed by atoms with E-state index < -0.39 is 0 Å². The number of hydrogen-bond donors (Lipinski definition) is 0. The van der Waals surface area contributed by atoms with Crippen molar-refractivity contribution in [1.29, 1.82) is 0 Å². The summed E-state index contributed by atoms with van der Waals surface area (Å²) >= 11 is 0. The molecule has 1 saturated carbocycles. The predicted molar refractivity (Wildman–Crippen MR) is 117 cm³/mol. The summed E-state index contributed by atoms with van der Waals surface area (Å²) in [6.07, 6.45) is 9.34. The Hall–Kier alpha value is -2.67. The highest BCUT2D eigenvalue weighted by molar-refractivity contribution is 5.85. The molecule has 2 heterocycles. The molecular formula is C24H32N4O3. The molecule has 2 aromatic rings. The van der Waals surface area contributed by atoms with Gasteiger partial charge in [0.15, 0.2) is 0 Å². The Labute approximate surface area is 184 Å². The fourth-order valence-electron chi connectivity index (χ4n) is 4.57. The monoisotopic (exact) mass is 424 g/mol. The zero-order valence-electron chi connectivity index (χ0n) is 18.1. The SMILES string of the molecule is O=C(CCn1cccn1)N1CC(=O)N(C2CCCCC2)CC(OCc2ccccc2)C1. The standard InChI is InChI=1S/C24H32N4O3/c29-23(12-15-27-14-7-13-25-27)26-16-22(31-19-20-8-3-1-4-9-20)17-28(24(30)18-26)21-10-5-2-6-11-21/h1,3-4,7-9,13-14,21-22H,2,5-6,10-12,15-19H2. The van der Waals surface area contributed by atoms with Gasteiger partial charge in [0.25, 0.3) is 0 Å². The number of carbonyl (C=O) groups excluding carboxylic acids is 2. The topological polar surface area (TPSA) is 67.7 Å². The van der Waals surface area contributed by atoms with Gasteiger partial charge in [0.2, 0.25) is 11.8 Å². The largest absolute Gasteiger partial charge is 0.370 e. The summed E-state index contributed by atoms with van der Waals surface area (Å²) in [5, 5.41) is 4.16. The molecule has 2 aliphatic rings.